The largest absolute Gasteiger partial charge is 0.295 e. The monoisotopic (exact) mass is 334 g/mol. The molecule has 0 aliphatic carbocycles. The van der Waals surface area contributed by atoms with E-state index in [1.54, 1.807) is 0 Å². The van der Waals surface area contributed by atoms with E-state index in [0.29, 0.717) is 11.1 Å². The smallest absolute Gasteiger partial charge is 0.282 e. The van der Waals surface area contributed by atoms with Gasteiger partial charge in [-0.3, -0.25) is 4.55 Å². The standard InChI is InChI=1S/C19H26O3S/c1-12-9-8-10-13-14(12)11-15(18(2,3)4)17(23(20,21)22)16(13)19(5,6)7/h8-11H,1-7H3,(H,20,21,22). The fourth-order valence-electron chi connectivity index (χ4n) is 3.13. The van der Waals surface area contributed by atoms with Crippen LogP contribution in [0.1, 0.15) is 58.2 Å². The van der Waals surface area contributed by atoms with Gasteiger partial charge in [-0.1, -0.05) is 59.7 Å². The lowest BCUT2D eigenvalue weighted by molar-refractivity contribution is 0.468. The number of fused-ring (bicyclic) bond motifs is 1. The van der Waals surface area contributed by atoms with E-state index >= 15 is 0 Å². The van der Waals surface area contributed by atoms with E-state index in [1.165, 1.54) is 0 Å². The number of benzene rings is 2. The highest BCUT2D eigenvalue weighted by molar-refractivity contribution is 7.86. The average Bonchev–Trinajstić information content (AvgIpc) is 2.33. The minimum atomic E-state index is -4.33. The van der Waals surface area contributed by atoms with Crippen molar-refractivity contribution in [1.29, 1.82) is 0 Å². The summed E-state index contributed by atoms with van der Waals surface area (Å²) < 4.78 is 34.5. The number of hydrogen-bond acceptors (Lipinski definition) is 2. The third kappa shape index (κ3) is 3.29. The average molecular weight is 334 g/mol. The minimum Gasteiger partial charge on any atom is -0.282 e. The van der Waals surface area contributed by atoms with E-state index in [-0.39, 0.29) is 4.90 Å². The topological polar surface area (TPSA) is 54.4 Å². The van der Waals surface area contributed by atoms with E-state index < -0.39 is 20.9 Å². The summed E-state index contributed by atoms with van der Waals surface area (Å²) in [6.45, 7) is 13.9. The molecule has 0 radical (unpaired) electrons. The Bertz CT molecular complexity index is 864. The number of hydrogen-bond donors (Lipinski definition) is 1. The fraction of sp³-hybridized carbons (Fsp3) is 0.474. The van der Waals surface area contributed by atoms with Gasteiger partial charge in [0.1, 0.15) is 4.90 Å². The van der Waals surface area contributed by atoms with Crippen molar-refractivity contribution in [3.63, 3.8) is 0 Å². The molecule has 2 rings (SSSR count). The van der Waals surface area contributed by atoms with Crippen LogP contribution in [0.25, 0.3) is 10.8 Å². The highest BCUT2D eigenvalue weighted by Gasteiger charge is 2.33. The normalized spacial score (nSPS) is 13.6. The Kier molecular flexibility index (Phi) is 4.15. The summed E-state index contributed by atoms with van der Waals surface area (Å²) in [5, 5.41) is 1.92. The highest BCUT2D eigenvalue weighted by Crippen LogP contribution is 2.42. The van der Waals surface area contributed by atoms with Gasteiger partial charge in [0.15, 0.2) is 0 Å². The lowest BCUT2D eigenvalue weighted by Crippen LogP contribution is -2.24. The molecule has 0 saturated carbocycles. The fourth-order valence-corrected chi connectivity index (χ4v) is 4.44. The van der Waals surface area contributed by atoms with E-state index in [1.807, 2.05) is 72.7 Å². The first-order chi connectivity index (χ1) is 10.2. The van der Waals surface area contributed by atoms with E-state index in [4.69, 9.17) is 0 Å². The molecule has 3 nitrogen and oxygen atoms in total. The molecule has 1 N–H and O–H groups in total. The Morgan fingerprint density at radius 1 is 0.913 bits per heavy atom. The number of rotatable bonds is 1. The summed E-state index contributed by atoms with van der Waals surface area (Å²) in [4.78, 5) is 0.0654. The molecule has 4 heteroatoms. The number of aryl methyl sites for hydroxylation is 1. The van der Waals surface area contributed by atoms with Gasteiger partial charge in [0.05, 0.1) is 0 Å². The molecule has 2 aromatic carbocycles. The summed E-state index contributed by atoms with van der Waals surface area (Å²) in [6.07, 6.45) is 0. The van der Waals surface area contributed by atoms with Crippen LogP contribution in [0, 0.1) is 6.92 Å². The second kappa shape index (κ2) is 5.32. The second-order valence-electron chi connectivity index (χ2n) is 8.27. The van der Waals surface area contributed by atoms with E-state index in [2.05, 4.69) is 0 Å². The molecule has 0 amide bonds. The quantitative estimate of drug-likeness (QED) is 0.747. The van der Waals surface area contributed by atoms with Gasteiger partial charge in [0.2, 0.25) is 0 Å². The van der Waals surface area contributed by atoms with Crippen LogP contribution in [0.15, 0.2) is 29.2 Å². The van der Waals surface area contributed by atoms with Gasteiger partial charge in [-0.15, -0.1) is 0 Å². The van der Waals surface area contributed by atoms with Crippen molar-refractivity contribution < 1.29 is 13.0 Å². The SMILES string of the molecule is Cc1cccc2c(C(C)(C)C)c(S(=O)(=O)O)c(C(C)(C)C)cc12. The molecule has 126 valence electrons. The van der Waals surface area contributed by atoms with Crippen molar-refractivity contribution >= 4 is 20.9 Å². The first-order valence-corrected chi connectivity index (χ1v) is 9.23. The molecular formula is C19H26O3S. The Balaban J connectivity index is 3.23. The maximum absolute atomic E-state index is 12.3. The Labute approximate surface area is 139 Å². The van der Waals surface area contributed by atoms with Crippen LogP contribution in [-0.4, -0.2) is 13.0 Å². The molecular weight excluding hydrogens is 308 g/mol. The summed E-state index contributed by atoms with van der Waals surface area (Å²) >= 11 is 0. The van der Waals surface area contributed by atoms with Crippen molar-refractivity contribution in [3.05, 3.63) is 41.0 Å². The van der Waals surface area contributed by atoms with Crippen LogP contribution in [-0.2, 0) is 20.9 Å². The third-order valence-corrected chi connectivity index (χ3v) is 5.11. The highest BCUT2D eigenvalue weighted by atomic mass is 32.2. The van der Waals surface area contributed by atoms with Gasteiger partial charge < -0.3 is 0 Å². The summed E-state index contributed by atoms with van der Waals surface area (Å²) in [7, 11) is -4.33. The predicted molar refractivity (Wildman–Crippen MR) is 95.9 cm³/mol. The zero-order valence-electron chi connectivity index (χ0n) is 15.0. The van der Waals surface area contributed by atoms with Crippen LogP contribution in [0.2, 0.25) is 0 Å². The first kappa shape index (κ1) is 18.0. The van der Waals surface area contributed by atoms with Gasteiger partial charge in [-0.25, -0.2) is 0 Å². The van der Waals surface area contributed by atoms with Crippen molar-refractivity contribution in [2.24, 2.45) is 0 Å². The van der Waals surface area contributed by atoms with Crippen LogP contribution < -0.4 is 0 Å². The first-order valence-electron chi connectivity index (χ1n) is 7.79. The van der Waals surface area contributed by atoms with Gasteiger partial charge >= 0.3 is 0 Å². The summed E-state index contributed by atoms with van der Waals surface area (Å²) in [5.74, 6) is 0. The molecule has 0 aliphatic heterocycles. The van der Waals surface area contributed by atoms with Gasteiger partial charge in [-0.2, -0.15) is 8.42 Å². The van der Waals surface area contributed by atoms with Crippen LogP contribution in [0.3, 0.4) is 0 Å². The van der Waals surface area contributed by atoms with Crippen molar-refractivity contribution in [2.75, 3.05) is 0 Å². The second-order valence-corrected chi connectivity index (χ2v) is 9.63. The Morgan fingerprint density at radius 3 is 1.91 bits per heavy atom. The maximum Gasteiger partial charge on any atom is 0.295 e. The predicted octanol–water partition coefficient (Wildman–Crippen LogP) is 4.99. The minimum absolute atomic E-state index is 0.0654. The zero-order chi connectivity index (χ0) is 17.8. The van der Waals surface area contributed by atoms with Crippen LogP contribution >= 0.6 is 0 Å². The third-order valence-electron chi connectivity index (χ3n) is 4.17. The maximum atomic E-state index is 12.3. The van der Waals surface area contributed by atoms with Gasteiger partial charge in [-0.05, 0) is 51.3 Å². The van der Waals surface area contributed by atoms with Crippen molar-refractivity contribution in [2.45, 2.75) is 64.2 Å². The molecule has 0 saturated heterocycles. The Hall–Kier alpha value is -1.39. The Morgan fingerprint density at radius 2 is 1.48 bits per heavy atom. The molecule has 0 atom stereocenters. The molecule has 0 heterocycles. The van der Waals surface area contributed by atoms with E-state index in [0.717, 1.165) is 16.3 Å². The lowest BCUT2D eigenvalue weighted by atomic mass is 9.77. The molecule has 0 bridgehead atoms. The molecule has 0 aromatic heterocycles. The zero-order valence-corrected chi connectivity index (χ0v) is 15.8. The molecule has 0 fully saturated rings. The van der Waals surface area contributed by atoms with Gasteiger partial charge in [0, 0.05) is 0 Å². The molecule has 23 heavy (non-hydrogen) atoms. The van der Waals surface area contributed by atoms with Crippen LogP contribution in [0.5, 0.6) is 0 Å². The van der Waals surface area contributed by atoms with Crippen molar-refractivity contribution in [1.82, 2.24) is 0 Å². The van der Waals surface area contributed by atoms with Gasteiger partial charge in [0.25, 0.3) is 10.1 Å². The lowest BCUT2D eigenvalue weighted by Gasteiger charge is -2.30. The molecule has 0 unspecified atom stereocenters. The molecule has 0 aliphatic rings. The van der Waals surface area contributed by atoms with Crippen LogP contribution in [0.4, 0.5) is 0 Å². The molecule has 0 spiro atoms. The molecule has 2 aromatic rings. The van der Waals surface area contributed by atoms with Crippen molar-refractivity contribution in [3.8, 4) is 0 Å². The summed E-state index contributed by atoms with van der Waals surface area (Å²) in [5.41, 5.74) is 1.62. The van der Waals surface area contributed by atoms with E-state index in [9.17, 15) is 13.0 Å². The summed E-state index contributed by atoms with van der Waals surface area (Å²) in [6, 6.07) is 7.80.